The summed E-state index contributed by atoms with van der Waals surface area (Å²) in [5.74, 6) is 2.15. The van der Waals surface area contributed by atoms with Gasteiger partial charge in [0.05, 0.1) is 6.21 Å². The quantitative estimate of drug-likeness (QED) is 0.562. The van der Waals surface area contributed by atoms with Gasteiger partial charge in [0, 0.05) is 0 Å². The van der Waals surface area contributed by atoms with Crippen LogP contribution in [0.5, 0.6) is 23.0 Å². The third-order valence-corrected chi connectivity index (χ3v) is 4.55. The van der Waals surface area contributed by atoms with E-state index in [4.69, 9.17) is 18.9 Å². The van der Waals surface area contributed by atoms with Crippen molar-refractivity contribution in [2.45, 2.75) is 6.10 Å². The second-order valence-corrected chi connectivity index (χ2v) is 6.41. The van der Waals surface area contributed by atoms with Crippen LogP contribution in [-0.4, -0.2) is 31.6 Å². The van der Waals surface area contributed by atoms with E-state index in [1.54, 1.807) is 12.1 Å². The monoisotopic (exact) mass is 376 g/mol. The normalized spacial score (nSPS) is 17.1. The Morgan fingerprint density at radius 1 is 0.929 bits per heavy atom. The molecule has 2 aliphatic heterocycles. The van der Waals surface area contributed by atoms with E-state index < -0.39 is 6.10 Å². The minimum absolute atomic E-state index is 0.122. The number of carbonyl (C=O) groups is 1. The summed E-state index contributed by atoms with van der Waals surface area (Å²) in [7, 11) is 0. The third kappa shape index (κ3) is 3.07. The van der Waals surface area contributed by atoms with E-state index >= 15 is 0 Å². The highest BCUT2D eigenvalue weighted by atomic mass is 16.7. The van der Waals surface area contributed by atoms with Crippen molar-refractivity contribution in [2.24, 2.45) is 5.10 Å². The highest BCUT2D eigenvalue weighted by Gasteiger charge is 2.27. The summed E-state index contributed by atoms with van der Waals surface area (Å²) in [6.45, 7) is 0.333. The maximum absolute atomic E-state index is 12.4. The van der Waals surface area contributed by atoms with Gasteiger partial charge in [-0.3, -0.25) is 4.79 Å². The molecule has 0 aliphatic carbocycles. The van der Waals surface area contributed by atoms with E-state index in [0.717, 1.165) is 16.3 Å². The maximum Gasteiger partial charge on any atom is 0.284 e. The lowest BCUT2D eigenvalue weighted by Crippen LogP contribution is -2.42. The van der Waals surface area contributed by atoms with E-state index in [1.807, 2.05) is 42.5 Å². The molecular weight excluding hydrogens is 360 g/mol. The zero-order chi connectivity index (χ0) is 18.9. The zero-order valence-electron chi connectivity index (χ0n) is 14.8. The van der Waals surface area contributed by atoms with E-state index in [2.05, 4.69) is 10.5 Å². The number of nitrogens with one attached hydrogen (secondary N) is 1. The molecule has 0 saturated carbocycles. The Hall–Kier alpha value is -3.74. The summed E-state index contributed by atoms with van der Waals surface area (Å²) in [4.78, 5) is 12.4. The first-order chi connectivity index (χ1) is 13.8. The smallest absolute Gasteiger partial charge is 0.284 e. The highest BCUT2D eigenvalue weighted by Crippen LogP contribution is 2.36. The van der Waals surface area contributed by atoms with Crippen molar-refractivity contribution in [3.05, 3.63) is 60.2 Å². The molecule has 2 aliphatic rings. The van der Waals surface area contributed by atoms with E-state index in [0.29, 0.717) is 23.0 Å². The number of fused-ring (bicyclic) bond motifs is 3. The van der Waals surface area contributed by atoms with Crippen LogP contribution in [0.4, 0.5) is 0 Å². The van der Waals surface area contributed by atoms with Crippen molar-refractivity contribution in [1.82, 2.24) is 5.43 Å². The first kappa shape index (κ1) is 16.4. The summed E-state index contributed by atoms with van der Waals surface area (Å²) >= 11 is 0. The molecular formula is C21H16N2O5. The Morgan fingerprint density at radius 2 is 1.68 bits per heavy atom. The molecule has 0 spiro atoms. The summed E-state index contributed by atoms with van der Waals surface area (Å²) in [6, 6.07) is 17.1. The maximum atomic E-state index is 12.4. The number of hydrazone groups is 1. The molecule has 0 aromatic heterocycles. The minimum Gasteiger partial charge on any atom is -0.485 e. The van der Waals surface area contributed by atoms with E-state index in [9.17, 15) is 4.79 Å². The molecule has 3 aromatic carbocycles. The number of carbonyl (C=O) groups excluding carboxylic acids is 1. The van der Waals surface area contributed by atoms with Gasteiger partial charge in [-0.15, -0.1) is 0 Å². The molecule has 0 fully saturated rings. The molecule has 3 aromatic rings. The number of hydrogen-bond donors (Lipinski definition) is 1. The SMILES string of the molecule is O=C(NN=Cc1ccc2c(c1)OCO2)[C@@H]1COc2cc3ccccc3cc2O1. The molecule has 28 heavy (non-hydrogen) atoms. The molecule has 0 unspecified atom stereocenters. The van der Waals surface area contributed by atoms with Crippen LogP contribution in [0.2, 0.25) is 0 Å². The molecule has 1 atom stereocenters. The second kappa shape index (κ2) is 6.77. The summed E-state index contributed by atoms with van der Waals surface area (Å²) in [6.07, 6.45) is 0.757. The van der Waals surface area contributed by atoms with Gasteiger partial charge in [0.1, 0.15) is 6.61 Å². The number of ether oxygens (including phenoxy) is 4. The molecule has 140 valence electrons. The fourth-order valence-electron chi connectivity index (χ4n) is 3.12. The first-order valence-electron chi connectivity index (χ1n) is 8.81. The number of nitrogens with zero attached hydrogens (tertiary/aromatic N) is 1. The fourth-order valence-corrected chi connectivity index (χ4v) is 3.12. The standard InChI is InChI=1S/C21H16N2O5/c24-21(23-22-10-13-5-6-16-17(7-13)27-12-26-16)20-11-25-18-8-14-3-1-2-4-15(14)9-19(18)28-20/h1-10,20H,11-12H2,(H,23,24)/t20-/m0/s1. The molecule has 2 heterocycles. The highest BCUT2D eigenvalue weighted by molar-refractivity contribution is 5.88. The molecule has 1 N–H and O–H groups in total. The number of benzene rings is 3. The summed E-state index contributed by atoms with van der Waals surface area (Å²) < 4.78 is 22.1. The molecule has 1 amide bonds. The van der Waals surface area contributed by atoms with Gasteiger partial charge in [-0.2, -0.15) is 5.10 Å². The predicted molar refractivity (Wildman–Crippen MR) is 102 cm³/mol. The van der Waals surface area contributed by atoms with Gasteiger partial charge in [0.2, 0.25) is 12.9 Å². The van der Waals surface area contributed by atoms with Crippen molar-refractivity contribution in [2.75, 3.05) is 13.4 Å². The van der Waals surface area contributed by atoms with Crippen LogP contribution in [0.25, 0.3) is 10.8 Å². The zero-order valence-corrected chi connectivity index (χ0v) is 14.8. The van der Waals surface area contributed by atoms with Crippen LogP contribution in [0.15, 0.2) is 59.7 Å². The Labute approximate surface area is 160 Å². The van der Waals surface area contributed by atoms with Crippen LogP contribution in [0.3, 0.4) is 0 Å². The largest absolute Gasteiger partial charge is 0.485 e. The van der Waals surface area contributed by atoms with Crippen molar-refractivity contribution in [3.63, 3.8) is 0 Å². The first-order valence-corrected chi connectivity index (χ1v) is 8.81. The predicted octanol–water partition coefficient (Wildman–Crippen LogP) is 2.86. The van der Waals surface area contributed by atoms with Crippen LogP contribution in [-0.2, 0) is 4.79 Å². The van der Waals surface area contributed by atoms with Gasteiger partial charge in [0.15, 0.2) is 23.0 Å². The van der Waals surface area contributed by atoms with Crippen molar-refractivity contribution < 1.29 is 23.7 Å². The van der Waals surface area contributed by atoms with Crippen molar-refractivity contribution in [1.29, 1.82) is 0 Å². The van der Waals surface area contributed by atoms with Gasteiger partial charge < -0.3 is 18.9 Å². The minimum atomic E-state index is -0.775. The fraction of sp³-hybridized carbons (Fsp3) is 0.143. The van der Waals surface area contributed by atoms with Crippen LogP contribution in [0, 0.1) is 0 Å². The molecule has 0 bridgehead atoms. The Kier molecular flexibility index (Phi) is 3.97. The second-order valence-electron chi connectivity index (χ2n) is 6.41. The lowest BCUT2D eigenvalue weighted by Gasteiger charge is -2.25. The topological polar surface area (TPSA) is 78.4 Å². The Morgan fingerprint density at radius 3 is 2.54 bits per heavy atom. The van der Waals surface area contributed by atoms with Crippen molar-refractivity contribution >= 4 is 22.9 Å². The van der Waals surface area contributed by atoms with E-state index in [1.165, 1.54) is 6.21 Å². The van der Waals surface area contributed by atoms with Gasteiger partial charge in [-0.1, -0.05) is 24.3 Å². The van der Waals surface area contributed by atoms with Crippen LogP contribution in [0.1, 0.15) is 5.56 Å². The lowest BCUT2D eigenvalue weighted by molar-refractivity contribution is -0.130. The average Bonchev–Trinajstić information content (AvgIpc) is 3.19. The molecule has 0 saturated heterocycles. The van der Waals surface area contributed by atoms with Gasteiger partial charge >= 0.3 is 0 Å². The third-order valence-electron chi connectivity index (χ3n) is 4.55. The van der Waals surface area contributed by atoms with E-state index in [-0.39, 0.29) is 19.3 Å². The van der Waals surface area contributed by atoms with Crippen LogP contribution < -0.4 is 24.4 Å². The van der Waals surface area contributed by atoms with Gasteiger partial charge in [0.25, 0.3) is 5.91 Å². The van der Waals surface area contributed by atoms with Crippen LogP contribution >= 0.6 is 0 Å². The summed E-state index contributed by atoms with van der Waals surface area (Å²) in [5.41, 5.74) is 3.27. The molecule has 5 rings (SSSR count). The average molecular weight is 376 g/mol. The number of rotatable bonds is 3. The van der Waals surface area contributed by atoms with Gasteiger partial charge in [-0.05, 0) is 46.7 Å². The van der Waals surface area contributed by atoms with Gasteiger partial charge in [-0.25, -0.2) is 5.43 Å². The lowest BCUT2D eigenvalue weighted by atomic mass is 10.1. The number of amides is 1. The number of hydrogen-bond acceptors (Lipinski definition) is 6. The molecule has 7 nitrogen and oxygen atoms in total. The Bertz CT molecular complexity index is 1100. The van der Waals surface area contributed by atoms with Crippen molar-refractivity contribution in [3.8, 4) is 23.0 Å². The molecule has 0 radical (unpaired) electrons. The molecule has 7 heteroatoms. The Balaban J connectivity index is 1.26. The summed E-state index contributed by atoms with van der Waals surface area (Å²) in [5, 5.41) is 6.07.